The zero-order chi connectivity index (χ0) is 24.5. The smallest absolute Gasteiger partial charge is 0.341 e. The minimum atomic E-state index is -0.461. The third kappa shape index (κ3) is 7.17. The second-order valence-electron chi connectivity index (χ2n) is 6.97. The molecule has 0 atom stereocenters. The predicted molar refractivity (Wildman–Crippen MR) is 141 cm³/mol. The number of thiophene rings is 1. The van der Waals surface area contributed by atoms with E-state index in [9.17, 15) is 9.59 Å². The number of thiocarbonyl (C=S) groups is 1. The van der Waals surface area contributed by atoms with Gasteiger partial charge < -0.3 is 20.1 Å². The van der Waals surface area contributed by atoms with Crippen molar-refractivity contribution in [3.63, 3.8) is 0 Å². The summed E-state index contributed by atoms with van der Waals surface area (Å²) in [4.78, 5) is 24.9. The Labute approximate surface area is 217 Å². The molecule has 0 aliphatic carbocycles. The van der Waals surface area contributed by atoms with Gasteiger partial charge in [0.1, 0.15) is 16.3 Å². The number of hydrogen-bond donors (Lipinski definition) is 2. The summed E-state index contributed by atoms with van der Waals surface area (Å²) in [7, 11) is 0. The first-order valence-corrected chi connectivity index (χ1v) is 12.5. The molecule has 1 amide bonds. The van der Waals surface area contributed by atoms with Crippen LogP contribution in [0.3, 0.4) is 0 Å². The van der Waals surface area contributed by atoms with Crippen LogP contribution in [0.15, 0.2) is 53.9 Å². The Bertz CT molecular complexity index is 1170. The number of nitrogens with one attached hydrogen (secondary N) is 2. The minimum absolute atomic E-state index is 0.0960. The van der Waals surface area contributed by atoms with Crippen molar-refractivity contribution in [3.05, 3.63) is 69.5 Å². The summed E-state index contributed by atoms with van der Waals surface area (Å²) >= 11 is 18.5. The van der Waals surface area contributed by atoms with Crippen molar-refractivity contribution in [2.75, 3.05) is 18.5 Å². The van der Waals surface area contributed by atoms with Crippen LogP contribution < -0.4 is 15.4 Å². The highest BCUT2D eigenvalue weighted by Crippen LogP contribution is 2.36. The number of anilines is 1. The fourth-order valence-corrected chi connectivity index (χ4v) is 4.72. The number of carbonyl (C=O) groups is 2. The van der Waals surface area contributed by atoms with Crippen LogP contribution in [-0.2, 0) is 9.53 Å². The van der Waals surface area contributed by atoms with E-state index >= 15 is 0 Å². The van der Waals surface area contributed by atoms with Crippen LogP contribution in [0.1, 0.15) is 30.1 Å². The number of carbonyl (C=O) groups excluding carboxylic acids is 2. The highest BCUT2D eigenvalue weighted by molar-refractivity contribution is 7.80. The van der Waals surface area contributed by atoms with E-state index in [-0.39, 0.29) is 24.0 Å². The molecule has 34 heavy (non-hydrogen) atoms. The van der Waals surface area contributed by atoms with Crippen molar-refractivity contribution in [2.24, 2.45) is 0 Å². The zero-order valence-electron chi connectivity index (χ0n) is 18.2. The Morgan fingerprint density at radius 2 is 1.88 bits per heavy atom. The SMILES string of the molecule is CCOC(=O)c1c(-c2ccccc2)csc1NC(=S)NC(=O)CCCOc1ccc(Cl)cc1Cl. The first-order chi connectivity index (χ1) is 16.4. The molecule has 0 fully saturated rings. The first kappa shape index (κ1) is 26.0. The standard InChI is InChI=1S/C24H22Cl2N2O4S2/c1-2-31-23(30)21-17(15-7-4-3-5-8-15)14-34-22(21)28-24(33)27-20(29)9-6-12-32-19-11-10-16(25)13-18(19)26/h3-5,7-8,10-11,13-14H,2,6,9,12H2,1H3,(H2,27,28,29,33). The lowest BCUT2D eigenvalue weighted by Gasteiger charge is -2.11. The average Bonchev–Trinajstić information content (AvgIpc) is 3.22. The van der Waals surface area contributed by atoms with Crippen LogP contribution in [0, 0.1) is 0 Å². The van der Waals surface area contributed by atoms with Gasteiger partial charge in [0.05, 0.1) is 18.2 Å². The monoisotopic (exact) mass is 536 g/mol. The minimum Gasteiger partial charge on any atom is -0.492 e. The molecule has 0 radical (unpaired) electrons. The molecule has 0 saturated heterocycles. The molecule has 0 aliphatic heterocycles. The molecule has 0 saturated carbocycles. The molecular weight excluding hydrogens is 515 g/mol. The summed E-state index contributed by atoms with van der Waals surface area (Å²) in [5, 5.41) is 8.97. The van der Waals surface area contributed by atoms with Crippen LogP contribution in [0.25, 0.3) is 11.1 Å². The van der Waals surface area contributed by atoms with E-state index in [1.807, 2.05) is 35.7 Å². The first-order valence-electron chi connectivity index (χ1n) is 10.4. The van der Waals surface area contributed by atoms with E-state index < -0.39 is 5.97 Å². The van der Waals surface area contributed by atoms with Crippen molar-refractivity contribution in [3.8, 4) is 16.9 Å². The van der Waals surface area contributed by atoms with E-state index in [1.54, 1.807) is 25.1 Å². The normalized spacial score (nSPS) is 10.4. The van der Waals surface area contributed by atoms with Gasteiger partial charge in [0.2, 0.25) is 5.91 Å². The third-order valence-corrected chi connectivity index (χ3v) is 6.17. The van der Waals surface area contributed by atoms with Gasteiger partial charge in [-0.25, -0.2) is 4.79 Å². The Morgan fingerprint density at radius 1 is 1.12 bits per heavy atom. The molecule has 3 rings (SSSR count). The summed E-state index contributed by atoms with van der Waals surface area (Å²) < 4.78 is 10.8. The summed E-state index contributed by atoms with van der Waals surface area (Å²) in [6, 6.07) is 14.5. The van der Waals surface area contributed by atoms with Crippen LogP contribution in [0.4, 0.5) is 5.00 Å². The van der Waals surface area contributed by atoms with Gasteiger partial charge in [-0.2, -0.15) is 0 Å². The number of amides is 1. The number of halogens is 2. The highest BCUT2D eigenvalue weighted by atomic mass is 35.5. The molecular formula is C24H22Cl2N2O4S2. The van der Waals surface area contributed by atoms with Crippen LogP contribution >= 0.6 is 46.8 Å². The average molecular weight is 537 g/mol. The number of hydrogen-bond acceptors (Lipinski definition) is 6. The van der Waals surface area contributed by atoms with Gasteiger partial charge in [-0.1, -0.05) is 53.5 Å². The topological polar surface area (TPSA) is 76.7 Å². The molecule has 0 unspecified atom stereocenters. The molecule has 6 nitrogen and oxygen atoms in total. The van der Waals surface area contributed by atoms with Crippen molar-refractivity contribution in [2.45, 2.75) is 19.8 Å². The van der Waals surface area contributed by atoms with Crippen molar-refractivity contribution < 1.29 is 19.1 Å². The van der Waals surface area contributed by atoms with Gasteiger partial charge >= 0.3 is 5.97 Å². The van der Waals surface area contributed by atoms with Crippen LogP contribution in [0.5, 0.6) is 5.75 Å². The molecule has 1 heterocycles. The van der Waals surface area contributed by atoms with Gasteiger partial charge in [0, 0.05) is 22.4 Å². The predicted octanol–water partition coefficient (Wildman–Crippen LogP) is 6.57. The fourth-order valence-electron chi connectivity index (χ4n) is 3.02. The molecule has 0 bridgehead atoms. The lowest BCUT2D eigenvalue weighted by Crippen LogP contribution is -2.34. The summed E-state index contributed by atoms with van der Waals surface area (Å²) in [5.74, 6) is -0.236. The van der Waals surface area contributed by atoms with E-state index in [0.717, 1.165) is 11.1 Å². The van der Waals surface area contributed by atoms with Crippen molar-refractivity contribution in [1.29, 1.82) is 0 Å². The molecule has 10 heteroatoms. The molecule has 0 aliphatic rings. The summed E-state index contributed by atoms with van der Waals surface area (Å²) in [6.45, 7) is 2.29. The molecule has 2 N–H and O–H groups in total. The van der Waals surface area contributed by atoms with Crippen molar-refractivity contribution >= 4 is 68.7 Å². The lowest BCUT2D eigenvalue weighted by atomic mass is 10.0. The zero-order valence-corrected chi connectivity index (χ0v) is 21.4. The Kier molecular flexibility index (Phi) is 9.71. The van der Waals surface area contributed by atoms with Gasteiger partial charge in [0.15, 0.2) is 5.11 Å². The summed E-state index contributed by atoms with van der Waals surface area (Å²) in [6.07, 6.45) is 0.649. The molecule has 178 valence electrons. The lowest BCUT2D eigenvalue weighted by molar-refractivity contribution is -0.119. The van der Waals surface area contributed by atoms with Crippen LogP contribution in [0.2, 0.25) is 10.0 Å². The third-order valence-electron chi connectivity index (χ3n) is 4.54. The summed E-state index contributed by atoms with van der Waals surface area (Å²) in [5.41, 5.74) is 1.99. The van der Waals surface area contributed by atoms with E-state index in [2.05, 4.69) is 10.6 Å². The van der Waals surface area contributed by atoms with E-state index in [1.165, 1.54) is 11.3 Å². The largest absolute Gasteiger partial charge is 0.492 e. The molecule has 0 spiro atoms. The Hall–Kier alpha value is -2.65. The second-order valence-corrected chi connectivity index (χ2v) is 9.10. The van der Waals surface area contributed by atoms with E-state index in [0.29, 0.717) is 39.4 Å². The number of benzene rings is 2. The quantitative estimate of drug-likeness (QED) is 0.183. The molecule has 2 aromatic carbocycles. The second kappa shape index (κ2) is 12.7. The molecule has 3 aromatic rings. The Morgan fingerprint density at radius 3 is 2.59 bits per heavy atom. The van der Waals surface area contributed by atoms with Crippen molar-refractivity contribution in [1.82, 2.24) is 5.32 Å². The maximum Gasteiger partial charge on any atom is 0.341 e. The Balaban J connectivity index is 1.56. The van der Waals surface area contributed by atoms with Gasteiger partial charge in [-0.05, 0) is 49.3 Å². The van der Waals surface area contributed by atoms with Gasteiger partial charge in [-0.3, -0.25) is 4.79 Å². The maximum atomic E-state index is 12.6. The van der Waals surface area contributed by atoms with Gasteiger partial charge in [0.25, 0.3) is 0 Å². The maximum absolute atomic E-state index is 12.6. The van der Waals surface area contributed by atoms with Crippen LogP contribution in [-0.4, -0.2) is 30.2 Å². The highest BCUT2D eigenvalue weighted by Gasteiger charge is 2.22. The fraction of sp³-hybridized carbons (Fsp3) is 0.208. The van der Waals surface area contributed by atoms with Gasteiger partial charge in [-0.15, -0.1) is 11.3 Å². The van der Waals surface area contributed by atoms with E-state index in [4.69, 9.17) is 44.9 Å². The molecule has 1 aromatic heterocycles. The number of rotatable bonds is 9. The number of ether oxygens (including phenoxy) is 2. The number of esters is 1.